The molecule has 0 radical (unpaired) electrons. The zero-order chi connectivity index (χ0) is 17.4. The number of benzene rings is 1. The maximum Gasteiger partial charge on any atom is 0.272 e. The number of aromatic nitrogens is 4. The highest BCUT2D eigenvalue weighted by Gasteiger charge is 2.23. The van der Waals surface area contributed by atoms with Crippen molar-refractivity contribution in [3.8, 4) is 0 Å². The Hall–Kier alpha value is -2.96. The standard InChI is InChI=1S/C18H19N5O2/c1-11(16-12-6-2-3-7-13(12)18(25)22-21-16)17(24)20-15-10-19-14-8-4-5-9-23(14)15/h2-3,6-7,10-11H,4-5,8-9H2,1H3,(H,20,24)(H,22,25)/t11-/m1/s1. The third-order valence-electron chi connectivity index (χ3n) is 4.75. The summed E-state index contributed by atoms with van der Waals surface area (Å²) >= 11 is 0. The quantitative estimate of drug-likeness (QED) is 0.766. The maximum atomic E-state index is 12.7. The molecule has 7 nitrogen and oxygen atoms in total. The molecule has 0 spiro atoms. The van der Waals surface area contributed by atoms with Gasteiger partial charge in [0, 0.05) is 18.4 Å². The van der Waals surface area contributed by atoms with E-state index >= 15 is 0 Å². The van der Waals surface area contributed by atoms with Gasteiger partial charge < -0.3 is 9.88 Å². The van der Waals surface area contributed by atoms with E-state index in [9.17, 15) is 9.59 Å². The number of hydrogen-bond acceptors (Lipinski definition) is 4. The first-order valence-electron chi connectivity index (χ1n) is 8.47. The molecule has 1 atom stereocenters. The van der Waals surface area contributed by atoms with Crippen LogP contribution in [0.3, 0.4) is 0 Å². The summed E-state index contributed by atoms with van der Waals surface area (Å²) in [5, 5.41) is 10.8. The van der Waals surface area contributed by atoms with E-state index in [0.29, 0.717) is 16.5 Å². The van der Waals surface area contributed by atoms with Crippen LogP contribution in [0.5, 0.6) is 0 Å². The fraction of sp³-hybridized carbons (Fsp3) is 0.333. The van der Waals surface area contributed by atoms with Crippen molar-refractivity contribution in [3.05, 3.63) is 52.3 Å². The number of carbonyl (C=O) groups is 1. The van der Waals surface area contributed by atoms with Crippen molar-refractivity contribution >= 4 is 22.5 Å². The number of nitrogens with one attached hydrogen (secondary N) is 2. The third kappa shape index (κ3) is 2.71. The number of aryl methyl sites for hydroxylation is 1. The smallest absolute Gasteiger partial charge is 0.272 e. The molecule has 2 aromatic heterocycles. The van der Waals surface area contributed by atoms with Crippen molar-refractivity contribution in [1.29, 1.82) is 0 Å². The van der Waals surface area contributed by atoms with E-state index in [0.717, 1.165) is 37.4 Å². The summed E-state index contributed by atoms with van der Waals surface area (Å²) in [4.78, 5) is 29.0. The number of aromatic amines is 1. The van der Waals surface area contributed by atoms with Gasteiger partial charge in [0.2, 0.25) is 5.91 Å². The maximum absolute atomic E-state index is 12.7. The minimum atomic E-state index is -0.503. The number of carbonyl (C=O) groups excluding carboxylic acids is 1. The second kappa shape index (κ2) is 6.16. The minimum Gasteiger partial charge on any atom is -0.315 e. The Kier molecular flexibility index (Phi) is 3.83. The molecule has 0 fully saturated rings. The summed E-state index contributed by atoms with van der Waals surface area (Å²) in [6.45, 7) is 2.66. The van der Waals surface area contributed by atoms with E-state index in [1.165, 1.54) is 0 Å². The Morgan fingerprint density at radius 2 is 2.08 bits per heavy atom. The number of hydrogen-bond donors (Lipinski definition) is 2. The van der Waals surface area contributed by atoms with Crippen LogP contribution >= 0.6 is 0 Å². The highest BCUT2D eigenvalue weighted by atomic mass is 16.2. The second-order valence-corrected chi connectivity index (χ2v) is 6.36. The molecule has 0 bridgehead atoms. The predicted octanol–water partition coefficient (Wildman–Crippen LogP) is 2.20. The van der Waals surface area contributed by atoms with Crippen molar-refractivity contribution < 1.29 is 4.79 Å². The van der Waals surface area contributed by atoms with Gasteiger partial charge in [-0.3, -0.25) is 9.59 Å². The molecule has 0 saturated heterocycles. The van der Waals surface area contributed by atoms with E-state index in [2.05, 4.69) is 25.1 Å². The van der Waals surface area contributed by atoms with Crippen LogP contribution in [0.15, 0.2) is 35.3 Å². The van der Waals surface area contributed by atoms with E-state index in [4.69, 9.17) is 0 Å². The number of imidazole rings is 1. The zero-order valence-electron chi connectivity index (χ0n) is 14.0. The Bertz CT molecular complexity index is 1000. The second-order valence-electron chi connectivity index (χ2n) is 6.36. The van der Waals surface area contributed by atoms with Crippen molar-refractivity contribution in [2.45, 2.75) is 38.6 Å². The molecule has 25 heavy (non-hydrogen) atoms. The summed E-state index contributed by atoms with van der Waals surface area (Å²) in [6.07, 6.45) is 4.88. The first kappa shape index (κ1) is 15.6. The SMILES string of the molecule is C[C@@H](C(=O)Nc1cnc2n1CCCC2)c1n[nH]c(=O)c2ccccc12. The molecule has 1 amide bonds. The van der Waals surface area contributed by atoms with Gasteiger partial charge in [-0.1, -0.05) is 18.2 Å². The fourth-order valence-corrected chi connectivity index (χ4v) is 3.34. The highest BCUT2D eigenvalue weighted by Crippen LogP contribution is 2.24. The lowest BCUT2D eigenvalue weighted by atomic mass is 10.0. The average Bonchev–Trinajstić information content (AvgIpc) is 3.05. The predicted molar refractivity (Wildman–Crippen MR) is 94.6 cm³/mol. The van der Waals surface area contributed by atoms with E-state index in [1.807, 2.05) is 12.1 Å². The fourth-order valence-electron chi connectivity index (χ4n) is 3.34. The van der Waals surface area contributed by atoms with E-state index in [-0.39, 0.29) is 11.5 Å². The molecule has 2 N–H and O–H groups in total. The Morgan fingerprint density at radius 1 is 1.28 bits per heavy atom. The molecule has 0 unspecified atom stereocenters. The van der Waals surface area contributed by atoms with E-state index in [1.54, 1.807) is 25.3 Å². The van der Waals surface area contributed by atoms with Crippen LogP contribution < -0.4 is 10.9 Å². The highest BCUT2D eigenvalue weighted by molar-refractivity contribution is 5.97. The van der Waals surface area contributed by atoms with Gasteiger partial charge in [-0.25, -0.2) is 10.1 Å². The normalized spacial score (nSPS) is 14.9. The molecule has 3 aromatic rings. The number of H-pyrrole nitrogens is 1. The summed E-state index contributed by atoms with van der Waals surface area (Å²) in [7, 11) is 0. The summed E-state index contributed by atoms with van der Waals surface area (Å²) in [5.41, 5.74) is 0.308. The lowest BCUT2D eigenvalue weighted by Gasteiger charge is -2.18. The van der Waals surface area contributed by atoms with Gasteiger partial charge in [-0.05, 0) is 25.8 Å². The zero-order valence-corrected chi connectivity index (χ0v) is 14.0. The number of anilines is 1. The van der Waals surface area contributed by atoms with Crippen LogP contribution in [-0.4, -0.2) is 25.7 Å². The topological polar surface area (TPSA) is 92.7 Å². The summed E-state index contributed by atoms with van der Waals surface area (Å²) in [5.74, 6) is 1.07. The van der Waals surface area contributed by atoms with Crippen molar-refractivity contribution in [3.63, 3.8) is 0 Å². The summed E-state index contributed by atoms with van der Waals surface area (Å²) in [6, 6.07) is 7.18. The molecule has 3 heterocycles. The van der Waals surface area contributed by atoms with Crippen LogP contribution in [0.2, 0.25) is 0 Å². The van der Waals surface area contributed by atoms with Crippen molar-refractivity contribution in [2.75, 3.05) is 5.32 Å². The van der Waals surface area contributed by atoms with Gasteiger partial charge in [0.1, 0.15) is 11.6 Å². The van der Waals surface area contributed by atoms with Gasteiger partial charge in [0.15, 0.2) is 0 Å². The molecule has 0 aliphatic carbocycles. The summed E-state index contributed by atoms with van der Waals surface area (Å²) < 4.78 is 2.06. The molecule has 0 saturated carbocycles. The van der Waals surface area contributed by atoms with E-state index < -0.39 is 5.92 Å². The molecular formula is C18H19N5O2. The van der Waals surface area contributed by atoms with Crippen LogP contribution in [0.4, 0.5) is 5.82 Å². The molecular weight excluding hydrogens is 318 g/mol. The van der Waals surface area contributed by atoms with Gasteiger partial charge >= 0.3 is 0 Å². The Morgan fingerprint density at radius 3 is 2.92 bits per heavy atom. The number of amides is 1. The van der Waals surface area contributed by atoms with Crippen LogP contribution in [0, 0.1) is 0 Å². The monoisotopic (exact) mass is 337 g/mol. The Balaban J connectivity index is 1.64. The lowest BCUT2D eigenvalue weighted by molar-refractivity contribution is -0.117. The molecule has 128 valence electrons. The molecule has 1 aliphatic rings. The average molecular weight is 337 g/mol. The van der Waals surface area contributed by atoms with Gasteiger partial charge in [-0.15, -0.1) is 0 Å². The number of rotatable bonds is 3. The lowest BCUT2D eigenvalue weighted by Crippen LogP contribution is -2.24. The van der Waals surface area contributed by atoms with Crippen LogP contribution in [0.1, 0.15) is 37.2 Å². The van der Waals surface area contributed by atoms with Gasteiger partial charge in [0.05, 0.1) is 23.2 Å². The molecule has 4 rings (SSSR count). The van der Waals surface area contributed by atoms with Crippen molar-refractivity contribution in [1.82, 2.24) is 19.7 Å². The first-order chi connectivity index (χ1) is 12.1. The Labute approximate surface area is 144 Å². The third-order valence-corrected chi connectivity index (χ3v) is 4.75. The minimum absolute atomic E-state index is 0.169. The molecule has 7 heteroatoms. The van der Waals surface area contributed by atoms with Gasteiger partial charge in [-0.2, -0.15) is 5.10 Å². The molecule has 1 aromatic carbocycles. The molecule has 1 aliphatic heterocycles. The van der Waals surface area contributed by atoms with Gasteiger partial charge in [0.25, 0.3) is 5.56 Å². The first-order valence-corrected chi connectivity index (χ1v) is 8.47. The number of nitrogens with zero attached hydrogens (tertiary/aromatic N) is 3. The van der Waals surface area contributed by atoms with Crippen LogP contribution in [-0.2, 0) is 17.8 Å². The largest absolute Gasteiger partial charge is 0.315 e. The van der Waals surface area contributed by atoms with Crippen LogP contribution in [0.25, 0.3) is 10.8 Å². The number of fused-ring (bicyclic) bond motifs is 2. The van der Waals surface area contributed by atoms with Crippen molar-refractivity contribution in [2.24, 2.45) is 0 Å².